The van der Waals surface area contributed by atoms with Crippen molar-refractivity contribution >= 4 is 5.97 Å². The zero-order valence-electron chi connectivity index (χ0n) is 10.4. The summed E-state index contributed by atoms with van der Waals surface area (Å²) in [4.78, 5) is 11.6. The lowest BCUT2D eigenvalue weighted by molar-refractivity contribution is -0.202. The largest absolute Gasteiger partial charge is 0.462 e. The first-order valence-corrected chi connectivity index (χ1v) is 5.72. The Hall–Kier alpha value is -1.46. The van der Waals surface area contributed by atoms with Gasteiger partial charge in [0.1, 0.15) is 11.4 Å². The van der Waals surface area contributed by atoms with Gasteiger partial charge in [-0.1, -0.05) is 0 Å². The number of carbonyl (C=O) groups is 1. The van der Waals surface area contributed by atoms with E-state index in [9.17, 15) is 9.18 Å². The predicted molar refractivity (Wildman–Crippen MR) is 61.9 cm³/mol. The smallest absolute Gasteiger partial charge is 0.338 e. The number of carbonyl (C=O) groups excluding carboxylic acids is 1. The molecule has 2 rings (SSSR count). The second kappa shape index (κ2) is 5.04. The van der Waals surface area contributed by atoms with Crippen molar-refractivity contribution in [1.29, 1.82) is 0 Å². The van der Waals surface area contributed by atoms with Crippen LogP contribution in [-0.2, 0) is 19.8 Å². The van der Waals surface area contributed by atoms with E-state index in [0.29, 0.717) is 18.8 Å². The molecular formula is C13H15FO4. The number of halogens is 1. The van der Waals surface area contributed by atoms with Crippen molar-refractivity contribution < 1.29 is 23.4 Å². The number of methoxy groups -OCH3 is 1. The van der Waals surface area contributed by atoms with Gasteiger partial charge in [-0.3, -0.25) is 0 Å². The van der Waals surface area contributed by atoms with Gasteiger partial charge in [-0.15, -0.1) is 0 Å². The average molecular weight is 254 g/mol. The minimum Gasteiger partial charge on any atom is -0.462 e. The lowest BCUT2D eigenvalue weighted by atomic mass is 9.90. The first-order valence-electron chi connectivity index (χ1n) is 5.72. The van der Waals surface area contributed by atoms with Gasteiger partial charge in [0.2, 0.25) is 0 Å². The lowest BCUT2D eigenvalue weighted by Crippen LogP contribution is -2.48. The van der Waals surface area contributed by atoms with Gasteiger partial charge in [-0.05, 0) is 30.7 Å². The zero-order chi connectivity index (χ0) is 13.2. The van der Waals surface area contributed by atoms with Crippen molar-refractivity contribution in [3.05, 3.63) is 35.1 Å². The predicted octanol–water partition coefficient (Wildman–Crippen LogP) is 1.87. The highest BCUT2D eigenvalue weighted by atomic mass is 19.1. The van der Waals surface area contributed by atoms with Crippen LogP contribution in [0.1, 0.15) is 22.8 Å². The summed E-state index contributed by atoms with van der Waals surface area (Å²) >= 11 is 0. The normalized spacial score (nSPS) is 17.1. The Labute approximate surface area is 105 Å². The van der Waals surface area contributed by atoms with Gasteiger partial charge < -0.3 is 14.2 Å². The Bertz CT molecular complexity index is 449. The highest BCUT2D eigenvalue weighted by molar-refractivity contribution is 5.89. The number of esters is 1. The van der Waals surface area contributed by atoms with E-state index in [2.05, 4.69) is 0 Å². The molecule has 0 aromatic heterocycles. The topological polar surface area (TPSA) is 44.8 Å². The summed E-state index contributed by atoms with van der Waals surface area (Å²) < 4.78 is 28.9. The molecule has 1 aliphatic rings. The van der Waals surface area contributed by atoms with E-state index in [0.717, 1.165) is 6.07 Å². The molecule has 4 nitrogen and oxygen atoms in total. The fourth-order valence-corrected chi connectivity index (χ4v) is 1.87. The molecule has 1 aliphatic heterocycles. The molecule has 98 valence electrons. The molecule has 1 fully saturated rings. The molecule has 0 unspecified atom stereocenters. The van der Waals surface area contributed by atoms with E-state index in [1.54, 1.807) is 13.0 Å². The van der Waals surface area contributed by atoms with Crippen LogP contribution in [0.4, 0.5) is 4.39 Å². The minimum atomic E-state index is -0.649. The van der Waals surface area contributed by atoms with Crippen LogP contribution in [0.3, 0.4) is 0 Å². The molecule has 1 saturated heterocycles. The first-order chi connectivity index (χ1) is 8.61. The van der Waals surface area contributed by atoms with Crippen LogP contribution in [0.5, 0.6) is 0 Å². The molecule has 0 saturated carbocycles. The van der Waals surface area contributed by atoms with E-state index in [4.69, 9.17) is 14.2 Å². The van der Waals surface area contributed by atoms with Crippen LogP contribution in [0, 0.1) is 5.82 Å². The SMILES string of the molecule is CCOC(=O)c1cc(F)cc(C2(OC)COC2)c1. The summed E-state index contributed by atoms with van der Waals surface area (Å²) in [6, 6.07) is 4.10. The molecule has 18 heavy (non-hydrogen) atoms. The Morgan fingerprint density at radius 2 is 2.17 bits per heavy atom. The van der Waals surface area contributed by atoms with Gasteiger partial charge in [0.05, 0.1) is 25.4 Å². The number of rotatable bonds is 4. The molecule has 0 aliphatic carbocycles. The standard InChI is InChI=1S/C13H15FO4/c1-3-18-12(15)9-4-10(6-11(14)5-9)13(16-2)7-17-8-13/h4-6H,3,7-8H2,1-2H3. The number of benzene rings is 1. The molecule has 0 N–H and O–H groups in total. The fraction of sp³-hybridized carbons (Fsp3) is 0.462. The van der Waals surface area contributed by atoms with E-state index in [-0.39, 0.29) is 12.2 Å². The third-order valence-corrected chi connectivity index (χ3v) is 3.00. The highest BCUT2D eigenvalue weighted by Crippen LogP contribution is 2.34. The summed E-state index contributed by atoms with van der Waals surface area (Å²) in [6.07, 6.45) is 0. The lowest BCUT2D eigenvalue weighted by Gasteiger charge is -2.40. The summed E-state index contributed by atoms with van der Waals surface area (Å²) in [6.45, 7) is 2.67. The first kappa shape index (κ1) is 13.0. The van der Waals surface area contributed by atoms with Crippen molar-refractivity contribution in [2.45, 2.75) is 12.5 Å². The Kier molecular flexibility index (Phi) is 3.63. The zero-order valence-corrected chi connectivity index (χ0v) is 10.4. The maximum atomic E-state index is 13.6. The van der Waals surface area contributed by atoms with E-state index in [1.165, 1.54) is 13.2 Å². The second-order valence-electron chi connectivity index (χ2n) is 4.14. The molecule has 0 amide bonds. The van der Waals surface area contributed by atoms with Gasteiger partial charge in [0, 0.05) is 7.11 Å². The Morgan fingerprint density at radius 3 is 2.67 bits per heavy atom. The molecule has 1 aromatic rings. The molecule has 0 radical (unpaired) electrons. The maximum Gasteiger partial charge on any atom is 0.338 e. The Balaban J connectivity index is 2.35. The van der Waals surface area contributed by atoms with Crippen LogP contribution in [0.15, 0.2) is 18.2 Å². The molecule has 1 heterocycles. The molecule has 0 atom stereocenters. The number of ether oxygens (including phenoxy) is 3. The van der Waals surface area contributed by atoms with Crippen molar-refractivity contribution in [1.82, 2.24) is 0 Å². The Morgan fingerprint density at radius 1 is 1.44 bits per heavy atom. The van der Waals surface area contributed by atoms with Crippen molar-refractivity contribution in [3.8, 4) is 0 Å². The van der Waals surface area contributed by atoms with Gasteiger partial charge in [-0.2, -0.15) is 0 Å². The molecule has 5 heteroatoms. The van der Waals surface area contributed by atoms with E-state index < -0.39 is 17.4 Å². The van der Waals surface area contributed by atoms with Gasteiger partial charge >= 0.3 is 5.97 Å². The van der Waals surface area contributed by atoms with Crippen LogP contribution in [0.2, 0.25) is 0 Å². The van der Waals surface area contributed by atoms with Gasteiger partial charge in [0.15, 0.2) is 0 Å². The number of hydrogen-bond donors (Lipinski definition) is 0. The molecular weight excluding hydrogens is 239 g/mol. The van der Waals surface area contributed by atoms with Crippen molar-refractivity contribution in [2.75, 3.05) is 26.9 Å². The monoisotopic (exact) mass is 254 g/mol. The summed E-state index contributed by atoms with van der Waals surface area (Å²) in [5, 5.41) is 0. The quantitative estimate of drug-likeness (QED) is 0.769. The van der Waals surface area contributed by atoms with Crippen LogP contribution >= 0.6 is 0 Å². The van der Waals surface area contributed by atoms with Crippen LogP contribution < -0.4 is 0 Å². The van der Waals surface area contributed by atoms with Crippen LogP contribution in [0.25, 0.3) is 0 Å². The van der Waals surface area contributed by atoms with Crippen molar-refractivity contribution in [2.24, 2.45) is 0 Å². The minimum absolute atomic E-state index is 0.190. The van der Waals surface area contributed by atoms with Gasteiger partial charge in [-0.25, -0.2) is 9.18 Å². The van der Waals surface area contributed by atoms with Crippen molar-refractivity contribution in [3.63, 3.8) is 0 Å². The fourth-order valence-electron chi connectivity index (χ4n) is 1.87. The third kappa shape index (κ3) is 2.23. The summed E-state index contributed by atoms with van der Waals surface area (Å²) in [7, 11) is 1.54. The number of hydrogen-bond acceptors (Lipinski definition) is 4. The van der Waals surface area contributed by atoms with E-state index in [1.807, 2.05) is 0 Å². The third-order valence-electron chi connectivity index (χ3n) is 3.00. The summed E-state index contributed by atoms with van der Waals surface area (Å²) in [5.74, 6) is -1.02. The maximum absolute atomic E-state index is 13.6. The second-order valence-corrected chi connectivity index (χ2v) is 4.14. The molecule has 0 bridgehead atoms. The highest BCUT2D eigenvalue weighted by Gasteiger charge is 2.41. The molecule has 1 aromatic carbocycles. The summed E-state index contributed by atoms with van der Waals surface area (Å²) in [5.41, 5.74) is 0.137. The van der Waals surface area contributed by atoms with E-state index >= 15 is 0 Å². The molecule has 0 spiro atoms. The van der Waals surface area contributed by atoms with Crippen LogP contribution in [-0.4, -0.2) is 32.9 Å². The van der Waals surface area contributed by atoms with Gasteiger partial charge in [0.25, 0.3) is 0 Å². The average Bonchev–Trinajstić information content (AvgIpc) is 2.28.